The van der Waals surface area contributed by atoms with Gasteiger partial charge in [-0.2, -0.15) is 0 Å². The number of para-hydroxylation sites is 2. The summed E-state index contributed by atoms with van der Waals surface area (Å²) >= 11 is 0. The lowest BCUT2D eigenvalue weighted by Crippen LogP contribution is -2.35. The van der Waals surface area contributed by atoms with Gasteiger partial charge in [0.15, 0.2) is 5.58 Å². The van der Waals surface area contributed by atoms with Crippen molar-refractivity contribution in [2.45, 2.75) is 25.8 Å². The largest absolute Gasteiger partial charge is 0.420 e. The average molecular weight is 324 g/mol. The molecule has 1 amide bonds. The summed E-state index contributed by atoms with van der Waals surface area (Å²) in [6, 6.07) is 16.6. The number of rotatable bonds is 6. The molecule has 1 unspecified atom stereocenters. The van der Waals surface area contributed by atoms with Gasteiger partial charge in [0.1, 0.15) is 6.04 Å². The molecule has 24 heavy (non-hydrogen) atoms. The predicted molar refractivity (Wildman–Crippen MR) is 93.0 cm³/mol. The van der Waals surface area contributed by atoms with Gasteiger partial charge in [-0.1, -0.05) is 42.5 Å². The van der Waals surface area contributed by atoms with E-state index in [4.69, 9.17) is 4.42 Å². The lowest BCUT2D eigenvalue weighted by atomic mass is 10.1. The average Bonchev–Trinajstić information content (AvgIpc) is 2.94. The number of hydrogen-bond donors (Lipinski definition) is 1. The highest BCUT2D eigenvalue weighted by molar-refractivity contribution is 5.82. The normalized spacial score (nSPS) is 12.2. The molecule has 0 bridgehead atoms. The van der Waals surface area contributed by atoms with E-state index in [-0.39, 0.29) is 5.91 Å². The summed E-state index contributed by atoms with van der Waals surface area (Å²) < 4.78 is 6.57. The highest BCUT2D eigenvalue weighted by atomic mass is 16.4. The maximum absolute atomic E-state index is 12.3. The summed E-state index contributed by atoms with van der Waals surface area (Å²) in [4.78, 5) is 24.4. The number of hydrogen-bond acceptors (Lipinski definition) is 3. The number of aromatic nitrogens is 1. The second kappa shape index (κ2) is 7.17. The van der Waals surface area contributed by atoms with E-state index < -0.39 is 11.8 Å². The molecule has 1 atom stereocenters. The number of oxazole rings is 1. The monoisotopic (exact) mass is 324 g/mol. The molecule has 0 aliphatic rings. The Labute approximate surface area is 139 Å². The summed E-state index contributed by atoms with van der Waals surface area (Å²) in [6.45, 7) is 2.28. The van der Waals surface area contributed by atoms with Crippen LogP contribution in [-0.2, 0) is 11.2 Å². The van der Waals surface area contributed by atoms with Gasteiger partial charge in [0.05, 0.1) is 5.52 Å². The van der Waals surface area contributed by atoms with Crippen LogP contribution in [0.1, 0.15) is 24.9 Å². The van der Waals surface area contributed by atoms with Crippen molar-refractivity contribution in [3.63, 3.8) is 0 Å². The van der Waals surface area contributed by atoms with Crippen molar-refractivity contribution in [3.8, 4) is 0 Å². The van der Waals surface area contributed by atoms with E-state index in [1.807, 2.05) is 24.3 Å². The molecule has 3 rings (SSSR count). The minimum atomic E-state index is -0.613. The highest BCUT2D eigenvalue weighted by Crippen LogP contribution is 2.16. The summed E-state index contributed by atoms with van der Waals surface area (Å²) in [5, 5.41) is 2.89. The Balaban J connectivity index is 1.60. The molecule has 0 spiro atoms. The van der Waals surface area contributed by atoms with Crippen LogP contribution in [0.2, 0.25) is 0 Å². The van der Waals surface area contributed by atoms with Crippen LogP contribution in [0.5, 0.6) is 0 Å². The fourth-order valence-electron chi connectivity index (χ4n) is 2.76. The SMILES string of the molecule is CC(C(=O)NCCCc1ccccc1)n1c(=O)oc2ccccc21. The topological polar surface area (TPSA) is 64.2 Å². The number of amides is 1. The fraction of sp³-hybridized carbons (Fsp3) is 0.263. The molecule has 0 saturated heterocycles. The summed E-state index contributed by atoms with van der Waals surface area (Å²) in [7, 11) is 0. The first-order chi connectivity index (χ1) is 11.7. The van der Waals surface area contributed by atoms with Gasteiger partial charge in [-0.05, 0) is 37.5 Å². The highest BCUT2D eigenvalue weighted by Gasteiger charge is 2.20. The van der Waals surface area contributed by atoms with Gasteiger partial charge < -0.3 is 9.73 Å². The van der Waals surface area contributed by atoms with Crippen molar-refractivity contribution >= 4 is 17.0 Å². The van der Waals surface area contributed by atoms with Gasteiger partial charge in [0.2, 0.25) is 5.91 Å². The first-order valence-electron chi connectivity index (χ1n) is 8.08. The first-order valence-corrected chi connectivity index (χ1v) is 8.08. The maximum Gasteiger partial charge on any atom is 0.420 e. The van der Waals surface area contributed by atoms with Crippen molar-refractivity contribution in [3.05, 3.63) is 70.7 Å². The standard InChI is InChI=1S/C19H20N2O3/c1-14(21-16-11-5-6-12-17(16)24-19(21)23)18(22)20-13-7-10-15-8-3-2-4-9-15/h2-6,8-9,11-12,14H,7,10,13H2,1H3,(H,20,22). The molecule has 0 radical (unpaired) electrons. The summed E-state index contributed by atoms with van der Waals surface area (Å²) in [6.07, 6.45) is 1.76. The third-order valence-corrected chi connectivity index (χ3v) is 4.07. The van der Waals surface area contributed by atoms with Crippen LogP contribution in [0.25, 0.3) is 11.1 Å². The Morgan fingerprint density at radius 3 is 2.62 bits per heavy atom. The van der Waals surface area contributed by atoms with Crippen LogP contribution < -0.4 is 11.1 Å². The van der Waals surface area contributed by atoms with Gasteiger partial charge in [-0.25, -0.2) is 4.79 Å². The van der Waals surface area contributed by atoms with E-state index in [0.717, 1.165) is 12.8 Å². The molecule has 0 aliphatic heterocycles. The molecule has 124 valence electrons. The number of nitrogens with zero attached hydrogens (tertiary/aromatic N) is 1. The Kier molecular flexibility index (Phi) is 4.79. The van der Waals surface area contributed by atoms with E-state index in [0.29, 0.717) is 17.6 Å². The molecule has 2 aromatic carbocycles. The predicted octanol–water partition coefficient (Wildman–Crippen LogP) is 2.90. The Bertz CT molecular complexity index is 880. The van der Waals surface area contributed by atoms with Crippen LogP contribution in [0.4, 0.5) is 0 Å². The van der Waals surface area contributed by atoms with Crippen LogP contribution in [0.15, 0.2) is 63.8 Å². The Hall–Kier alpha value is -2.82. The van der Waals surface area contributed by atoms with Crippen LogP contribution in [0.3, 0.4) is 0 Å². The number of carbonyl (C=O) groups excluding carboxylic acids is 1. The van der Waals surface area contributed by atoms with Gasteiger partial charge in [-0.3, -0.25) is 9.36 Å². The fourth-order valence-corrected chi connectivity index (χ4v) is 2.76. The third-order valence-electron chi connectivity index (χ3n) is 4.07. The minimum absolute atomic E-state index is 0.184. The quantitative estimate of drug-likeness (QED) is 0.709. The van der Waals surface area contributed by atoms with Gasteiger partial charge in [0, 0.05) is 6.54 Å². The van der Waals surface area contributed by atoms with Crippen molar-refractivity contribution in [1.82, 2.24) is 9.88 Å². The molecule has 5 heteroatoms. The smallest absolute Gasteiger partial charge is 0.408 e. The number of nitrogens with one attached hydrogen (secondary N) is 1. The van der Waals surface area contributed by atoms with E-state index in [9.17, 15) is 9.59 Å². The lowest BCUT2D eigenvalue weighted by Gasteiger charge is -2.13. The zero-order valence-corrected chi connectivity index (χ0v) is 13.6. The molecule has 0 fully saturated rings. The van der Waals surface area contributed by atoms with E-state index in [1.54, 1.807) is 25.1 Å². The number of fused-ring (bicyclic) bond motifs is 1. The van der Waals surface area contributed by atoms with Crippen LogP contribution in [0, 0.1) is 0 Å². The molecule has 5 nitrogen and oxygen atoms in total. The second-order valence-corrected chi connectivity index (χ2v) is 5.76. The second-order valence-electron chi connectivity index (χ2n) is 5.76. The Morgan fingerprint density at radius 2 is 1.83 bits per heavy atom. The van der Waals surface area contributed by atoms with E-state index in [1.165, 1.54) is 10.1 Å². The van der Waals surface area contributed by atoms with Gasteiger partial charge in [-0.15, -0.1) is 0 Å². The molecule has 0 aliphatic carbocycles. The van der Waals surface area contributed by atoms with Crippen LogP contribution >= 0.6 is 0 Å². The van der Waals surface area contributed by atoms with Crippen molar-refractivity contribution in [1.29, 1.82) is 0 Å². The molecule has 0 saturated carbocycles. The number of aryl methyl sites for hydroxylation is 1. The van der Waals surface area contributed by atoms with Crippen molar-refractivity contribution < 1.29 is 9.21 Å². The van der Waals surface area contributed by atoms with Crippen LogP contribution in [-0.4, -0.2) is 17.0 Å². The molecule has 1 heterocycles. The molecule has 3 aromatic rings. The van der Waals surface area contributed by atoms with Crippen molar-refractivity contribution in [2.24, 2.45) is 0 Å². The zero-order chi connectivity index (χ0) is 16.9. The van der Waals surface area contributed by atoms with E-state index in [2.05, 4.69) is 17.4 Å². The van der Waals surface area contributed by atoms with Crippen molar-refractivity contribution in [2.75, 3.05) is 6.54 Å². The molecule has 1 aromatic heterocycles. The lowest BCUT2D eigenvalue weighted by molar-refractivity contribution is -0.123. The first kappa shape index (κ1) is 16.1. The van der Waals surface area contributed by atoms with E-state index >= 15 is 0 Å². The van der Waals surface area contributed by atoms with Gasteiger partial charge in [0.25, 0.3) is 0 Å². The molecule has 1 N–H and O–H groups in total. The Morgan fingerprint density at radius 1 is 1.12 bits per heavy atom. The summed E-state index contributed by atoms with van der Waals surface area (Å²) in [5.74, 6) is -0.695. The zero-order valence-electron chi connectivity index (χ0n) is 13.6. The minimum Gasteiger partial charge on any atom is -0.408 e. The van der Waals surface area contributed by atoms with Gasteiger partial charge >= 0.3 is 5.76 Å². The molecular formula is C19H20N2O3. The number of benzene rings is 2. The maximum atomic E-state index is 12.3. The number of carbonyl (C=O) groups is 1. The molecular weight excluding hydrogens is 304 g/mol. The summed E-state index contributed by atoms with van der Waals surface area (Å²) in [5.41, 5.74) is 2.37. The third kappa shape index (κ3) is 3.40.